The molecule has 0 bridgehead atoms. The SMILES string of the molecule is Cc1cc(F)cc(NCC(C)C#N)c1. The fourth-order valence-corrected chi connectivity index (χ4v) is 1.15. The Hall–Kier alpha value is -1.56. The number of halogens is 1. The molecule has 74 valence electrons. The number of nitriles is 1. The maximum Gasteiger partial charge on any atom is 0.125 e. The number of anilines is 1. The van der Waals surface area contributed by atoms with E-state index in [0.717, 1.165) is 11.3 Å². The summed E-state index contributed by atoms with van der Waals surface area (Å²) in [6.45, 7) is 4.19. The van der Waals surface area contributed by atoms with Gasteiger partial charge >= 0.3 is 0 Å². The van der Waals surface area contributed by atoms with E-state index in [9.17, 15) is 4.39 Å². The van der Waals surface area contributed by atoms with Crippen molar-refractivity contribution in [3.05, 3.63) is 29.6 Å². The van der Waals surface area contributed by atoms with E-state index in [1.165, 1.54) is 12.1 Å². The zero-order chi connectivity index (χ0) is 10.6. The summed E-state index contributed by atoms with van der Waals surface area (Å²) in [5, 5.41) is 11.6. The average Bonchev–Trinajstić information content (AvgIpc) is 2.12. The minimum Gasteiger partial charge on any atom is -0.384 e. The lowest BCUT2D eigenvalue weighted by Gasteiger charge is -2.08. The van der Waals surface area contributed by atoms with Gasteiger partial charge in [-0.1, -0.05) is 0 Å². The topological polar surface area (TPSA) is 35.8 Å². The molecule has 0 saturated heterocycles. The minimum absolute atomic E-state index is 0.0708. The number of benzene rings is 1. The van der Waals surface area contributed by atoms with Gasteiger partial charge in [0.2, 0.25) is 0 Å². The summed E-state index contributed by atoms with van der Waals surface area (Å²) in [6, 6.07) is 6.86. The van der Waals surface area contributed by atoms with E-state index in [4.69, 9.17) is 5.26 Å². The van der Waals surface area contributed by atoms with Crippen LogP contribution in [-0.2, 0) is 0 Å². The quantitative estimate of drug-likeness (QED) is 0.799. The highest BCUT2D eigenvalue weighted by Gasteiger charge is 2.00. The number of nitrogens with zero attached hydrogens (tertiary/aromatic N) is 1. The van der Waals surface area contributed by atoms with Crippen molar-refractivity contribution in [2.45, 2.75) is 13.8 Å². The van der Waals surface area contributed by atoms with Gasteiger partial charge in [0.05, 0.1) is 12.0 Å². The van der Waals surface area contributed by atoms with Gasteiger partial charge < -0.3 is 5.32 Å². The second kappa shape index (κ2) is 4.61. The lowest BCUT2D eigenvalue weighted by molar-refractivity contribution is 0.627. The van der Waals surface area contributed by atoms with E-state index in [0.29, 0.717) is 6.54 Å². The van der Waals surface area contributed by atoms with Crippen molar-refractivity contribution < 1.29 is 4.39 Å². The fraction of sp³-hybridized carbons (Fsp3) is 0.364. The monoisotopic (exact) mass is 192 g/mol. The van der Waals surface area contributed by atoms with Crippen LogP contribution in [0.4, 0.5) is 10.1 Å². The number of rotatable bonds is 3. The molecule has 0 aromatic heterocycles. The van der Waals surface area contributed by atoms with Crippen LogP contribution in [0.25, 0.3) is 0 Å². The largest absolute Gasteiger partial charge is 0.384 e. The molecule has 0 saturated carbocycles. The summed E-state index contributed by atoms with van der Waals surface area (Å²) >= 11 is 0. The minimum atomic E-state index is -0.253. The fourth-order valence-electron chi connectivity index (χ4n) is 1.15. The first-order chi connectivity index (χ1) is 6.61. The first-order valence-corrected chi connectivity index (χ1v) is 4.52. The summed E-state index contributed by atoms with van der Waals surface area (Å²) in [5.41, 5.74) is 1.60. The molecule has 3 heteroatoms. The summed E-state index contributed by atoms with van der Waals surface area (Å²) in [4.78, 5) is 0. The molecule has 0 heterocycles. The molecule has 1 unspecified atom stereocenters. The Labute approximate surface area is 83.4 Å². The van der Waals surface area contributed by atoms with E-state index < -0.39 is 0 Å². The lowest BCUT2D eigenvalue weighted by Crippen LogP contribution is -2.09. The van der Waals surface area contributed by atoms with Gasteiger partial charge in [-0.15, -0.1) is 0 Å². The van der Waals surface area contributed by atoms with Gasteiger partial charge in [-0.05, 0) is 37.6 Å². The Morgan fingerprint density at radius 3 is 2.79 bits per heavy atom. The van der Waals surface area contributed by atoms with Crippen molar-refractivity contribution >= 4 is 5.69 Å². The molecule has 1 rings (SSSR count). The zero-order valence-corrected chi connectivity index (χ0v) is 8.34. The number of hydrogen-bond acceptors (Lipinski definition) is 2. The third-order valence-corrected chi connectivity index (χ3v) is 1.87. The van der Waals surface area contributed by atoms with Crippen LogP contribution in [0, 0.1) is 30.0 Å². The summed E-state index contributed by atoms with van der Waals surface area (Å²) < 4.78 is 12.9. The van der Waals surface area contributed by atoms with Gasteiger partial charge in [0.15, 0.2) is 0 Å². The summed E-state index contributed by atoms with van der Waals surface area (Å²) in [5.74, 6) is -0.323. The Balaban J connectivity index is 2.64. The van der Waals surface area contributed by atoms with E-state index in [2.05, 4.69) is 11.4 Å². The maximum absolute atomic E-state index is 12.9. The van der Waals surface area contributed by atoms with Crippen molar-refractivity contribution in [1.29, 1.82) is 5.26 Å². The molecule has 1 aromatic carbocycles. The Bertz CT molecular complexity index is 335. The molecule has 0 amide bonds. The third kappa shape index (κ3) is 3.06. The van der Waals surface area contributed by atoms with Crippen LogP contribution in [-0.4, -0.2) is 6.54 Å². The molecular formula is C11H13FN2. The van der Waals surface area contributed by atoms with Crippen LogP contribution < -0.4 is 5.32 Å². The number of hydrogen-bond donors (Lipinski definition) is 1. The smallest absolute Gasteiger partial charge is 0.125 e. The van der Waals surface area contributed by atoms with Gasteiger partial charge in [0, 0.05) is 12.2 Å². The van der Waals surface area contributed by atoms with Crippen molar-refractivity contribution in [1.82, 2.24) is 0 Å². The Kier molecular flexibility index (Phi) is 3.47. The first kappa shape index (κ1) is 10.5. The van der Waals surface area contributed by atoms with Crippen molar-refractivity contribution in [3.8, 4) is 6.07 Å². The van der Waals surface area contributed by atoms with E-state index in [-0.39, 0.29) is 11.7 Å². The van der Waals surface area contributed by atoms with Crippen LogP contribution >= 0.6 is 0 Å². The predicted molar refractivity (Wildman–Crippen MR) is 54.4 cm³/mol. The summed E-state index contributed by atoms with van der Waals surface area (Å²) in [6.07, 6.45) is 0. The maximum atomic E-state index is 12.9. The highest BCUT2D eigenvalue weighted by atomic mass is 19.1. The predicted octanol–water partition coefficient (Wildman–Crippen LogP) is 2.71. The van der Waals surface area contributed by atoms with Gasteiger partial charge in [-0.2, -0.15) is 5.26 Å². The van der Waals surface area contributed by atoms with Crippen molar-refractivity contribution in [3.63, 3.8) is 0 Å². The van der Waals surface area contributed by atoms with Gasteiger partial charge in [-0.25, -0.2) is 4.39 Å². The third-order valence-electron chi connectivity index (χ3n) is 1.87. The van der Waals surface area contributed by atoms with Crippen LogP contribution in [0.2, 0.25) is 0 Å². The Morgan fingerprint density at radius 2 is 2.21 bits per heavy atom. The van der Waals surface area contributed by atoms with Gasteiger partial charge in [0.25, 0.3) is 0 Å². The molecule has 14 heavy (non-hydrogen) atoms. The molecule has 0 aliphatic heterocycles. The highest BCUT2D eigenvalue weighted by Crippen LogP contribution is 2.13. The van der Waals surface area contributed by atoms with E-state index >= 15 is 0 Å². The standard InChI is InChI=1S/C11H13FN2/c1-8-3-10(12)5-11(4-8)14-7-9(2)6-13/h3-5,9,14H,7H2,1-2H3. The van der Waals surface area contributed by atoms with Gasteiger partial charge in [-0.3, -0.25) is 0 Å². The molecule has 0 fully saturated rings. The van der Waals surface area contributed by atoms with Crippen molar-refractivity contribution in [2.24, 2.45) is 5.92 Å². The molecule has 0 spiro atoms. The Morgan fingerprint density at radius 1 is 1.50 bits per heavy atom. The van der Waals surface area contributed by atoms with Crippen LogP contribution in [0.1, 0.15) is 12.5 Å². The summed E-state index contributed by atoms with van der Waals surface area (Å²) in [7, 11) is 0. The second-order valence-electron chi connectivity index (χ2n) is 3.43. The van der Waals surface area contributed by atoms with E-state index in [1.54, 1.807) is 0 Å². The highest BCUT2D eigenvalue weighted by molar-refractivity contribution is 5.46. The average molecular weight is 192 g/mol. The molecule has 1 N–H and O–H groups in total. The zero-order valence-electron chi connectivity index (χ0n) is 8.34. The van der Waals surface area contributed by atoms with Crippen LogP contribution in [0.15, 0.2) is 18.2 Å². The molecule has 1 atom stereocenters. The lowest BCUT2D eigenvalue weighted by atomic mass is 10.2. The molecule has 0 aliphatic rings. The molecule has 0 radical (unpaired) electrons. The van der Waals surface area contributed by atoms with E-state index in [1.807, 2.05) is 19.9 Å². The number of nitrogens with one attached hydrogen (secondary N) is 1. The van der Waals surface area contributed by atoms with Gasteiger partial charge in [0.1, 0.15) is 5.82 Å². The normalized spacial score (nSPS) is 11.9. The van der Waals surface area contributed by atoms with Crippen LogP contribution in [0.5, 0.6) is 0 Å². The van der Waals surface area contributed by atoms with Crippen LogP contribution in [0.3, 0.4) is 0 Å². The first-order valence-electron chi connectivity index (χ1n) is 4.52. The molecule has 2 nitrogen and oxygen atoms in total. The van der Waals surface area contributed by atoms with Crippen molar-refractivity contribution in [2.75, 3.05) is 11.9 Å². The molecule has 1 aromatic rings. The molecule has 0 aliphatic carbocycles. The second-order valence-corrected chi connectivity index (χ2v) is 3.43. The molecular weight excluding hydrogens is 179 g/mol. The number of aryl methyl sites for hydroxylation is 1.